The molecule has 0 radical (unpaired) electrons. The van der Waals surface area contributed by atoms with Gasteiger partial charge in [-0.3, -0.25) is 4.90 Å². The Hall–Kier alpha value is -2.08. The summed E-state index contributed by atoms with van der Waals surface area (Å²) in [4.78, 5) is 2.01. The Balaban J connectivity index is 1.92. The number of β-amino-alcohol motifs (C(OH)–C–C–N with tert-alkyl or cyclic N) is 1. The Morgan fingerprint density at radius 3 is 2.83 bits per heavy atom. The molecule has 118 valence electrons. The number of hydrogen-bond acceptors (Lipinski definition) is 5. The predicted molar refractivity (Wildman–Crippen MR) is 83.3 cm³/mol. The van der Waals surface area contributed by atoms with Crippen LogP contribution in [0.1, 0.15) is 34.9 Å². The number of hydrogen-bond donors (Lipinski definition) is 2. The molecular formula is C18H17NO4. The maximum atomic E-state index is 10.9. The summed E-state index contributed by atoms with van der Waals surface area (Å²) in [6, 6.07) is 9.52. The zero-order chi connectivity index (χ0) is 15.7. The van der Waals surface area contributed by atoms with E-state index < -0.39 is 12.2 Å². The fourth-order valence-corrected chi connectivity index (χ4v) is 4.20. The molecule has 2 aromatic rings. The molecule has 2 aliphatic heterocycles. The lowest BCUT2D eigenvalue weighted by molar-refractivity contribution is 0.0148. The van der Waals surface area contributed by atoms with Gasteiger partial charge in [0.05, 0.1) is 18.2 Å². The highest BCUT2D eigenvalue weighted by Crippen LogP contribution is 2.57. The topological polar surface area (TPSA) is 62.2 Å². The lowest BCUT2D eigenvalue weighted by Gasteiger charge is -2.44. The summed E-state index contributed by atoms with van der Waals surface area (Å²) in [6.45, 7) is 0.669. The fraction of sp³-hybridized carbons (Fsp3) is 0.333. The van der Waals surface area contributed by atoms with Crippen molar-refractivity contribution < 1.29 is 19.7 Å². The van der Waals surface area contributed by atoms with Crippen molar-refractivity contribution in [2.24, 2.45) is 0 Å². The molecule has 5 rings (SSSR count). The molecule has 0 aromatic heterocycles. The molecule has 0 unspecified atom stereocenters. The molecule has 5 nitrogen and oxygen atoms in total. The first-order chi connectivity index (χ1) is 11.2. The average molecular weight is 311 g/mol. The van der Waals surface area contributed by atoms with Crippen LogP contribution in [0.15, 0.2) is 30.3 Å². The smallest absolute Gasteiger partial charge is 0.231 e. The highest BCUT2D eigenvalue weighted by molar-refractivity contribution is 5.84. The van der Waals surface area contributed by atoms with Gasteiger partial charge in [0, 0.05) is 12.1 Å². The summed E-state index contributed by atoms with van der Waals surface area (Å²) in [5, 5.41) is 21.5. The molecule has 0 bridgehead atoms. The van der Waals surface area contributed by atoms with E-state index in [1.807, 2.05) is 42.3 Å². The summed E-state index contributed by atoms with van der Waals surface area (Å²) in [6.07, 6.45) is -1.23. The van der Waals surface area contributed by atoms with E-state index in [4.69, 9.17) is 9.47 Å². The molecule has 1 aliphatic carbocycles. The van der Waals surface area contributed by atoms with Crippen LogP contribution >= 0.6 is 0 Å². The van der Waals surface area contributed by atoms with Gasteiger partial charge in [0.1, 0.15) is 0 Å². The monoisotopic (exact) mass is 311 g/mol. The summed E-state index contributed by atoms with van der Waals surface area (Å²) in [7, 11) is 1.93. The summed E-state index contributed by atoms with van der Waals surface area (Å²) in [5.74, 6) is 1.39. The maximum absolute atomic E-state index is 10.9. The van der Waals surface area contributed by atoms with Crippen molar-refractivity contribution >= 4 is 0 Å². The van der Waals surface area contributed by atoms with E-state index in [0.717, 1.165) is 33.6 Å². The standard InChI is InChI=1S/C18H17NO4/c1-19-7-12(20)11-6-13-18(23-8-22-13)15-9-4-2-3-5-10(9)17(21)16(19)14(11)15/h2-6,12,16-17,20-21H,7-8H2,1H3/t12-,16+,17+/m1/s1. The maximum Gasteiger partial charge on any atom is 0.231 e. The first-order valence-corrected chi connectivity index (χ1v) is 7.79. The van der Waals surface area contributed by atoms with Gasteiger partial charge < -0.3 is 19.7 Å². The Morgan fingerprint density at radius 2 is 1.96 bits per heavy atom. The zero-order valence-electron chi connectivity index (χ0n) is 12.7. The summed E-state index contributed by atoms with van der Waals surface area (Å²) < 4.78 is 11.3. The van der Waals surface area contributed by atoms with Crippen molar-refractivity contribution in [3.8, 4) is 22.6 Å². The Labute approximate surface area is 133 Å². The van der Waals surface area contributed by atoms with Gasteiger partial charge in [-0.05, 0) is 35.4 Å². The van der Waals surface area contributed by atoms with Crippen LogP contribution in [0.2, 0.25) is 0 Å². The minimum atomic E-state index is -0.629. The van der Waals surface area contributed by atoms with Crippen LogP contribution < -0.4 is 9.47 Å². The van der Waals surface area contributed by atoms with Gasteiger partial charge in [0.2, 0.25) is 6.79 Å². The molecule has 3 atom stereocenters. The lowest BCUT2D eigenvalue weighted by atomic mass is 9.74. The Kier molecular flexibility index (Phi) is 2.60. The molecule has 23 heavy (non-hydrogen) atoms. The van der Waals surface area contributed by atoms with Crippen molar-refractivity contribution in [1.82, 2.24) is 4.90 Å². The van der Waals surface area contributed by atoms with Gasteiger partial charge in [-0.1, -0.05) is 24.3 Å². The van der Waals surface area contributed by atoms with Crippen molar-refractivity contribution in [3.63, 3.8) is 0 Å². The Morgan fingerprint density at radius 1 is 1.13 bits per heavy atom. The van der Waals surface area contributed by atoms with Gasteiger partial charge in [-0.15, -0.1) is 0 Å². The predicted octanol–water partition coefficient (Wildman–Crippen LogP) is 2.15. The second-order valence-corrected chi connectivity index (χ2v) is 6.42. The number of likely N-dealkylation sites (N-methyl/N-ethyl adjacent to an activating group) is 1. The number of fused-ring (bicyclic) bond motifs is 4. The van der Waals surface area contributed by atoms with Crippen LogP contribution in [0.5, 0.6) is 11.5 Å². The van der Waals surface area contributed by atoms with Gasteiger partial charge >= 0.3 is 0 Å². The van der Waals surface area contributed by atoms with Crippen LogP contribution in [0, 0.1) is 0 Å². The molecule has 2 N–H and O–H groups in total. The largest absolute Gasteiger partial charge is 0.454 e. The number of aliphatic hydroxyl groups excluding tert-OH is 2. The summed E-state index contributed by atoms with van der Waals surface area (Å²) >= 11 is 0. The van der Waals surface area contributed by atoms with E-state index in [1.54, 1.807) is 0 Å². The highest BCUT2D eigenvalue weighted by atomic mass is 16.7. The summed E-state index contributed by atoms with van der Waals surface area (Å²) in [5.41, 5.74) is 4.59. The number of rotatable bonds is 0. The highest BCUT2D eigenvalue weighted by Gasteiger charge is 2.44. The van der Waals surface area contributed by atoms with Crippen LogP contribution in [-0.2, 0) is 0 Å². The van der Waals surface area contributed by atoms with Gasteiger partial charge in [0.25, 0.3) is 0 Å². The molecule has 2 heterocycles. The number of benzene rings is 2. The van der Waals surface area contributed by atoms with E-state index >= 15 is 0 Å². The molecule has 0 saturated carbocycles. The SMILES string of the molecule is CN1C[C@@H](O)c2cc3c(c4c2[C@H]1[C@@H](O)c1ccccc1-4)OCO3. The second-order valence-electron chi connectivity index (χ2n) is 6.42. The first-order valence-electron chi connectivity index (χ1n) is 7.79. The van der Waals surface area contributed by atoms with Gasteiger partial charge in [-0.2, -0.15) is 0 Å². The van der Waals surface area contributed by atoms with Crippen molar-refractivity contribution in [3.05, 3.63) is 47.0 Å². The molecule has 2 aromatic carbocycles. The van der Waals surface area contributed by atoms with Gasteiger partial charge in [0.15, 0.2) is 11.5 Å². The van der Waals surface area contributed by atoms with Crippen molar-refractivity contribution in [2.45, 2.75) is 18.2 Å². The minimum Gasteiger partial charge on any atom is -0.454 e. The molecule has 5 heteroatoms. The molecular weight excluding hydrogens is 294 g/mol. The number of ether oxygens (including phenoxy) is 2. The Bertz CT molecular complexity index is 819. The van der Waals surface area contributed by atoms with Crippen LogP contribution in [-0.4, -0.2) is 35.5 Å². The third-order valence-electron chi connectivity index (χ3n) is 5.17. The first kappa shape index (κ1) is 13.4. The number of nitrogens with zero attached hydrogens (tertiary/aromatic N) is 1. The zero-order valence-corrected chi connectivity index (χ0v) is 12.7. The third kappa shape index (κ3) is 1.62. The normalized spacial score (nSPS) is 27.5. The molecule has 0 amide bonds. The van der Waals surface area contributed by atoms with E-state index in [0.29, 0.717) is 12.3 Å². The van der Waals surface area contributed by atoms with E-state index in [1.165, 1.54) is 0 Å². The van der Waals surface area contributed by atoms with E-state index in [9.17, 15) is 10.2 Å². The van der Waals surface area contributed by atoms with Crippen LogP contribution in [0.25, 0.3) is 11.1 Å². The minimum absolute atomic E-state index is 0.187. The van der Waals surface area contributed by atoms with E-state index in [-0.39, 0.29) is 12.8 Å². The fourth-order valence-electron chi connectivity index (χ4n) is 4.20. The molecule has 0 spiro atoms. The van der Waals surface area contributed by atoms with Crippen LogP contribution in [0.4, 0.5) is 0 Å². The van der Waals surface area contributed by atoms with Crippen molar-refractivity contribution in [2.75, 3.05) is 20.4 Å². The molecule has 0 saturated heterocycles. The average Bonchev–Trinajstić information content (AvgIpc) is 3.01. The quantitative estimate of drug-likeness (QED) is 0.780. The molecule has 3 aliphatic rings. The van der Waals surface area contributed by atoms with Crippen molar-refractivity contribution in [1.29, 1.82) is 0 Å². The van der Waals surface area contributed by atoms with E-state index in [2.05, 4.69) is 0 Å². The second kappa shape index (κ2) is 4.47. The third-order valence-corrected chi connectivity index (χ3v) is 5.17. The number of aliphatic hydroxyl groups is 2. The van der Waals surface area contributed by atoms with Gasteiger partial charge in [-0.25, -0.2) is 0 Å². The molecule has 0 fully saturated rings. The van der Waals surface area contributed by atoms with Crippen LogP contribution in [0.3, 0.4) is 0 Å². The lowest BCUT2D eigenvalue weighted by Crippen LogP contribution is -2.40.